The highest BCUT2D eigenvalue weighted by molar-refractivity contribution is 7.80. The molecule has 0 spiro atoms. The largest absolute Gasteiger partial charge is 0.465 e. The van der Waals surface area contributed by atoms with Gasteiger partial charge in [-0.1, -0.05) is 46.4 Å². The number of nitrogens with zero attached hydrogens (tertiary/aromatic N) is 3. The smallest absolute Gasteiger partial charge is 0.339 e. The van der Waals surface area contributed by atoms with Gasteiger partial charge in [0.2, 0.25) is 0 Å². The molecule has 15 nitrogen and oxygen atoms in total. The third-order valence-corrected chi connectivity index (χ3v) is 7.80. The van der Waals surface area contributed by atoms with Gasteiger partial charge >= 0.3 is 11.9 Å². The lowest BCUT2D eigenvalue weighted by Crippen LogP contribution is -2.33. The summed E-state index contributed by atoms with van der Waals surface area (Å²) in [5.41, 5.74) is 14.9. The number of benzene rings is 2. The lowest BCUT2D eigenvalue weighted by Gasteiger charge is -2.16. The monoisotopic (exact) mass is 799 g/mol. The maximum Gasteiger partial charge on any atom is 0.339 e. The van der Waals surface area contributed by atoms with E-state index in [1.807, 2.05) is 0 Å². The van der Waals surface area contributed by atoms with Gasteiger partial charge in [-0.2, -0.15) is 10.2 Å². The number of nitrogens with one attached hydrogen (secondary N) is 4. The van der Waals surface area contributed by atoms with Crippen LogP contribution in [0.2, 0.25) is 20.1 Å². The van der Waals surface area contributed by atoms with E-state index >= 15 is 0 Å². The van der Waals surface area contributed by atoms with Crippen LogP contribution in [0.1, 0.15) is 32.1 Å². The third kappa shape index (κ3) is 11.2. The van der Waals surface area contributed by atoms with Gasteiger partial charge in [0.1, 0.15) is 11.4 Å². The number of pyridine rings is 1. The van der Waals surface area contributed by atoms with E-state index in [0.29, 0.717) is 0 Å². The van der Waals surface area contributed by atoms with Crippen molar-refractivity contribution in [2.45, 2.75) is 12.8 Å². The molecule has 0 unspecified atom stereocenters. The third-order valence-electron chi connectivity index (χ3n) is 6.14. The normalized spacial score (nSPS) is 11.2. The zero-order chi connectivity index (χ0) is 37.1. The van der Waals surface area contributed by atoms with E-state index in [9.17, 15) is 19.2 Å². The number of nitrogens with two attached hydrogens (primary N) is 2. The van der Waals surface area contributed by atoms with Crippen molar-refractivity contribution in [3.8, 4) is 0 Å². The Morgan fingerprint density at radius 1 is 0.680 bits per heavy atom. The summed E-state index contributed by atoms with van der Waals surface area (Å²) < 4.78 is 9.83. The van der Waals surface area contributed by atoms with Crippen LogP contribution in [0.15, 0.2) is 52.7 Å². The van der Waals surface area contributed by atoms with Gasteiger partial charge in [0.15, 0.2) is 10.2 Å². The summed E-state index contributed by atoms with van der Waals surface area (Å²) in [6.07, 6.45) is -0.955. The Kier molecular flexibility index (Phi) is 14.6. The molecule has 50 heavy (non-hydrogen) atoms. The molecule has 0 saturated carbocycles. The first-order valence-corrected chi connectivity index (χ1v) is 15.9. The number of rotatable bonds is 12. The lowest BCUT2D eigenvalue weighted by atomic mass is 10.00. The second kappa shape index (κ2) is 18.4. The van der Waals surface area contributed by atoms with E-state index in [0.717, 1.165) is 20.3 Å². The van der Waals surface area contributed by atoms with Crippen molar-refractivity contribution in [1.29, 1.82) is 0 Å². The fraction of sp³-hybridized carbons (Fsp3) is 0.138. The van der Waals surface area contributed by atoms with E-state index in [1.165, 1.54) is 36.4 Å². The summed E-state index contributed by atoms with van der Waals surface area (Å²) in [7, 11) is 2.19. The molecule has 8 N–H and O–H groups in total. The molecule has 0 saturated heterocycles. The van der Waals surface area contributed by atoms with Crippen LogP contribution < -0.4 is 33.0 Å². The number of anilines is 2. The summed E-state index contributed by atoms with van der Waals surface area (Å²) in [6, 6.07) is 9.80. The number of hydrogen-bond acceptors (Lipinski definition) is 11. The Bertz CT molecular complexity index is 1810. The number of thiocarbonyl (C=S) groups is 2. The van der Waals surface area contributed by atoms with Gasteiger partial charge in [-0.15, -0.1) is 0 Å². The molecule has 3 aromatic rings. The van der Waals surface area contributed by atoms with Crippen molar-refractivity contribution in [1.82, 2.24) is 15.8 Å². The van der Waals surface area contributed by atoms with Crippen LogP contribution in [0.3, 0.4) is 0 Å². The number of carbonyl (C=O) groups is 4. The number of amides is 2. The molecule has 0 atom stereocenters. The van der Waals surface area contributed by atoms with Crippen LogP contribution >= 0.6 is 70.8 Å². The molecular formula is C29H25Cl4N9O6S2. The highest BCUT2D eigenvalue weighted by atomic mass is 35.5. The number of methoxy groups -OCH3 is 2. The molecule has 1 heterocycles. The number of ether oxygens (including phenoxy) is 2. The zero-order valence-electron chi connectivity index (χ0n) is 25.7. The molecule has 1 aromatic heterocycles. The highest BCUT2D eigenvalue weighted by Gasteiger charge is 2.27. The summed E-state index contributed by atoms with van der Waals surface area (Å²) in [4.78, 5) is 57.3. The van der Waals surface area contributed by atoms with Crippen LogP contribution in [-0.4, -0.2) is 64.6 Å². The first-order chi connectivity index (χ1) is 23.6. The van der Waals surface area contributed by atoms with Crippen LogP contribution in [-0.2, 0) is 31.9 Å². The molecule has 0 radical (unpaired) electrons. The summed E-state index contributed by atoms with van der Waals surface area (Å²) in [5, 5.41) is 13.4. The highest BCUT2D eigenvalue weighted by Crippen LogP contribution is 2.26. The molecule has 262 valence electrons. The van der Waals surface area contributed by atoms with Crippen molar-refractivity contribution < 1.29 is 28.7 Å². The predicted molar refractivity (Wildman–Crippen MR) is 199 cm³/mol. The summed E-state index contributed by atoms with van der Waals surface area (Å²) >= 11 is 33.8. The Labute approximate surface area is 315 Å². The Hall–Kier alpha value is -4.65. The maximum atomic E-state index is 13.4. The fourth-order valence-corrected chi connectivity index (χ4v) is 4.58. The quantitative estimate of drug-likeness (QED) is 0.0660. The molecular weight excluding hydrogens is 776 g/mol. The summed E-state index contributed by atoms with van der Waals surface area (Å²) in [6.45, 7) is 0. The molecule has 0 fully saturated rings. The summed E-state index contributed by atoms with van der Waals surface area (Å²) in [5.74, 6) is -3.46. The van der Waals surface area contributed by atoms with Gasteiger partial charge < -0.3 is 31.6 Å². The van der Waals surface area contributed by atoms with Gasteiger partial charge in [-0.05, 0) is 66.9 Å². The molecule has 0 aliphatic heterocycles. The number of hydrazone groups is 2. The van der Waals surface area contributed by atoms with Crippen molar-refractivity contribution in [3.63, 3.8) is 0 Å². The fourth-order valence-electron chi connectivity index (χ4n) is 3.89. The minimum Gasteiger partial charge on any atom is -0.465 e. The Balaban J connectivity index is 2.15. The Morgan fingerprint density at radius 3 is 1.38 bits per heavy atom. The van der Waals surface area contributed by atoms with E-state index in [2.05, 4.69) is 36.7 Å². The maximum absolute atomic E-state index is 13.4. The molecule has 21 heteroatoms. The number of esters is 2. The van der Waals surface area contributed by atoms with E-state index in [1.54, 1.807) is 0 Å². The molecule has 3 rings (SSSR count). The average Bonchev–Trinajstić information content (AvgIpc) is 3.07. The number of hydrogen-bond donors (Lipinski definition) is 6. The zero-order valence-corrected chi connectivity index (χ0v) is 30.4. The lowest BCUT2D eigenvalue weighted by molar-refractivity contribution is -0.111. The number of aromatic nitrogens is 1. The van der Waals surface area contributed by atoms with Gasteiger partial charge in [0, 0.05) is 24.2 Å². The number of carbonyl (C=O) groups excluding carboxylic acids is 4. The number of halogens is 4. The predicted octanol–water partition coefficient (Wildman–Crippen LogP) is 4.01. The molecule has 2 aromatic carbocycles. The first-order valence-electron chi connectivity index (χ1n) is 13.6. The minimum absolute atomic E-state index is 0.126. The molecule has 0 aliphatic rings. The van der Waals surface area contributed by atoms with Gasteiger partial charge in [-0.25, -0.2) is 9.59 Å². The van der Waals surface area contributed by atoms with Crippen molar-refractivity contribution in [3.05, 3.63) is 85.1 Å². The van der Waals surface area contributed by atoms with Gasteiger partial charge in [0.25, 0.3) is 11.8 Å². The van der Waals surface area contributed by atoms with Crippen molar-refractivity contribution >= 4 is 128 Å². The standard InChI is InChI=1S/C29H25Cl4N9O6S2/c1-47-26(45)14-9-15(27(46)48-2)21(11-23(40-42-29(35)50)25(44)37-13-4-6-17(31)19(33)8-13)38-20(14)10-22(39-41-28(34)49)24(43)36-12-3-5-16(30)18(32)7-12/h3-9H,10-11H2,1-2H3,(H,36,43)(H,37,44)(H3,34,41,49)(H3,35,42,50)/b39-22+,40-23+. The van der Waals surface area contributed by atoms with E-state index in [4.69, 9.17) is 91.8 Å². The SMILES string of the molecule is COC(=O)c1cc(C(=O)OC)c(C/C(=N\NC(N)=S)C(=O)Nc2ccc(Cl)c(Cl)c2)nc1C/C(=N\NC(N)=S)C(=O)Nc1ccc(Cl)c(Cl)c1. The average molecular weight is 802 g/mol. The van der Waals surface area contributed by atoms with E-state index < -0.39 is 36.6 Å². The van der Waals surface area contributed by atoms with Crippen LogP contribution in [0, 0.1) is 0 Å². The molecule has 0 bridgehead atoms. The van der Waals surface area contributed by atoms with Crippen molar-refractivity contribution in [2.24, 2.45) is 21.7 Å². The van der Waals surface area contributed by atoms with Crippen molar-refractivity contribution in [2.75, 3.05) is 24.9 Å². The topological polar surface area (TPSA) is 225 Å². The second-order valence-corrected chi connectivity index (χ2v) is 12.1. The van der Waals surface area contributed by atoms with Gasteiger partial charge in [-0.3, -0.25) is 25.4 Å². The van der Waals surface area contributed by atoms with Crippen LogP contribution in [0.4, 0.5) is 11.4 Å². The van der Waals surface area contributed by atoms with E-state index in [-0.39, 0.29) is 75.6 Å². The Morgan fingerprint density at radius 2 is 1.06 bits per heavy atom. The minimum atomic E-state index is -0.933. The van der Waals surface area contributed by atoms with Crippen LogP contribution in [0.25, 0.3) is 0 Å². The molecule has 0 aliphatic carbocycles. The second-order valence-electron chi connectivity index (χ2n) is 9.55. The first kappa shape index (κ1) is 39.8. The van der Waals surface area contributed by atoms with Crippen LogP contribution in [0.5, 0.6) is 0 Å². The molecule has 2 amide bonds. The van der Waals surface area contributed by atoms with Gasteiger partial charge in [0.05, 0.1) is 56.8 Å².